The van der Waals surface area contributed by atoms with Crippen LogP contribution >= 0.6 is 0 Å². The van der Waals surface area contributed by atoms with Crippen LogP contribution < -0.4 is 15.4 Å². The summed E-state index contributed by atoms with van der Waals surface area (Å²) in [6.07, 6.45) is -10.1. The Morgan fingerprint density at radius 2 is 1.06 bits per heavy atom. The second-order valence-corrected chi connectivity index (χ2v) is 9.87. The van der Waals surface area contributed by atoms with E-state index in [0.29, 0.717) is 18.2 Å². The van der Waals surface area contributed by atoms with Crippen LogP contribution in [0, 0.1) is 20.2 Å². The van der Waals surface area contributed by atoms with E-state index in [9.17, 15) is 78.1 Å². The fourth-order valence-corrected chi connectivity index (χ4v) is 3.60. The molecule has 3 aromatic rings. The number of ether oxygens (including phenoxy) is 3. The number of hydrogen-bond acceptors (Lipinski definition) is 9. The van der Waals surface area contributed by atoms with Gasteiger partial charge in [0, 0.05) is 30.3 Å². The monoisotopic (exact) mass is 762 g/mol. The Balaban J connectivity index is 1.87. The topological polar surface area (TPSA) is 172 Å². The first-order chi connectivity index (χ1) is 24.0. The Morgan fingerprint density at radius 3 is 1.46 bits per heavy atom. The Kier molecular flexibility index (Phi) is 11.9. The van der Waals surface area contributed by atoms with Gasteiger partial charge in [0.15, 0.2) is 0 Å². The van der Waals surface area contributed by atoms with Gasteiger partial charge in [-0.2, -0.15) is 48.3 Å². The summed E-state index contributed by atoms with van der Waals surface area (Å²) in [5.74, 6) is -27.7. The lowest BCUT2D eigenvalue weighted by molar-refractivity contribution is -0.392. The first-order valence-electron chi connectivity index (χ1n) is 13.4. The molecule has 0 atom stereocenters. The van der Waals surface area contributed by atoms with Gasteiger partial charge in [0.25, 0.3) is 11.4 Å². The van der Waals surface area contributed by atoms with Gasteiger partial charge in [-0.05, 0) is 47.5 Å². The van der Waals surface area contributed by atoms with Crippen molar-refractivity contribution in [2.45, 2.75) is 37.2 Å². The summed E-state index contributed by atoms with van der Waals surface area (Å²) in [7, 11) is 0. The molecule has 0 saturated carbocycles. The second kappa shape index (κ2) is 15.3. The van der Waals surface area contributed by atoms with Crippen LogP contribution in [0.25, 0.3) is 0 Å². The molecule has 280 valence electrons. The molecule has 0 fully saturated rings. The summed E-state index contributed by atoms with van der Waals surface area (Å²) in [5, 5.41) is 25.5. The lowest BCUT2D eigenvalue weighted by Crippen LogP contribution is -2.61. The number of nitrogens with one attached hydrogen (secondary N) is 2. The molecule has 0 unspecified atom stereocenters. The summed E-state index contributed by atoms with van der Waals surface area (Å²) < 4.78 is 160. The lowest BCUT2D eigenvalue weighted by atomic mass is 10.0. The molecule has 13 nitrogen and oxygen atoms in total. The number of amides is 2. The Hall–Kier alpha value is -6.23. The minimum atomic E-state index is -7.58. The number of halogens is 11. The normalized spacial score (nSPS) is 12.7. The first-order valence-corrected chi connectivity index (χ1v) is 13.4. The van der Waals surface area contributed by atoms with Gasteiger partial charge < -0.3 is 14.2 Å². The van der Waals surface area contributed by atoms with E-state index in [1.54, 1.807) is 0 Å². The molecular formula is C28H17F11N4O9. The van der Waals surface area contributed by atoms with Crippen LogP contribution in [0.5, 0.6) is 5.75 Å². The highest BCUT2D eigenvalue weighted by Gasteiger charge is 2.83. The van der Waals surface area contributed by atoms with Crippen molar-refractivity contribution >= 4 is 34.9 Å². The van der Waals surface area contributed by atoms with Gasteiger partial charge in [-0.3, -0.25) is 30.9 Å². The molecular weight excluding hydrogens is 745 g/mol. The standard InChI is InChI=1S/C28H17F11N4O9/c29-21(25(31,32)26(33,34)27(35,36)28(37,38)39)22(30)52-18-9-10-19(40-23(44)50-12-14-1-5-16(6-2-14)42(46)47)20(11-18)41-24(45)51-13-15-3-7-17(8-4-15)43(48)49/h1-11H,12-13H2,(H,40,44)(H,41,45). The maximum atomic E-state index is 14.3. The quantitative estimate of drug-likeness (QED) is 0.0746. The van der Waals surface area contributed by atoms with Crippen LogP contribution in [0.3, 0.4) is 0 Å². The number of carbonyl (C=O) groups is 2. The number of nitro groups is 2. The predicted octanol–water partition coefficient (Wildman–Crippen LogP) is 8.96. The maximum Gasteiger partial charge on any atom is 0.460 e. The number of carbonyl (C=O) groups excluding carboxylic acids is 2. The number of non-ortho nitro benzene ring substituents is 2. The summed E-state index contributed by atoms with van der Waals surface area (Å²) in [4.78, 5) is 45.0. The molecule has 0 saturated heterocycles. The van der Waals surface area contributed by atoms with Gasteiger partial charge >= 0.3 is 42.1 Å². The van der Waals surface area contributed by atoms with Crippen LogP contribution in [0.15, 0.2) is 78.6 Å². The van der Waals surface area contributed by atoms with Gasteiger partial charge in [0.1, 0.15) is 19.0 Å². The Morgan fingerprint density at radius 1 is 0.635 bits per heavy atom. The van der Waals surface area contributed by atoms with Crippen molar-refractivity contribution < 1.29 is 81.9 Å². The van der Waals surface area contributed by atoms with Crippen molar-refractivity contribution in [3.05, 3.63) is 110 Å². The molecule has 3 aromatic carbocycles. The molecule has 24 heteroatoms. The zero-order chi connectivity index (χ0) is 39.2. The van der Waals surface area contributed by atoms with Crippen molar-refractivity contribution in [2.75, 3.05) is 10.6 Å². The second-order valence-electron chi connectivity index (χ2n) is 9.87. The first kappa shape index (κ1) is 40.2. The van der Waals surface area contributed by atoms with E-state index in [1.165, 1.54) is 24.3 Å². The molecule has 0 aliphatic rings. The largest absolute Gasteiger partial charge is 0.460 e. The third-order valence-corrected chi connectivity index (χ3v) is 6.30. The number of rotatable bonds is 13. The van der Waals surface area contributed by atoms with E-state index in [0.717, 1.165) is 24.3 Å². The number of alkyl halides is 9. The number of benzene rings is 3. The van der Waals surface area contributed by atoms with Crippen LogP contribution in [0.4, 0.5) is 80.6 Å². The SMILES string of the molecule is O=C(Nc1ccc(OC(F)=C(F)C(F)(F)C(F)(F)C(F)(F)C(F)(F)F)cc1NC(=O)OCc1ccc([N+](=O)[O-])cc1)OCc1ccc([N+](=O)[O-])cc1. The minimum absolute atomic E-state index is 0.183. The van der Waals surface area contributed by atoms with E-state index < -0.39 is 88.2 Å². The molecule has 0 aliphatic heterocycles. The molecule has 52 heavy (non-hydrogen) atoms. The fourth-order valence-electron chi connectivity index (χ4n) is 3.60. The Bertz CT molecular complexity index is 1860. The zero-order valence-corrected chi connectivity index (χ0v) is 25.0. The molecule has 0 aromatic heterocycles. The Labute approximate surface area is 280 Å². The molecule has 2 amide bonds. The van der Waals surface area contributed by atoms with Crippen LogP contribution in [-0.4, -0.2) is 46.0 Å². The zero-order valence-electron chi connectivity index (χ0n) is 25.0. The van der Waals surface area contributed by atoms with Gasteiger partial charge in [0.05, 0.1) is 21.2 Å². The van der Waals surface area contributed by atoms with Crippen LogP contribution in [0.1, 0.15) is 11.1 Å². The average molecular weight is 762 g/mol. The van der Waals surface area contributed by atoms with E-state index in [2.05, 4.69) is 4.74 Å². The molecule has 0 bridgehead atoms. The number of nitro benzene ring substituents is 2. The lowest BCUT2D eigenvalue weighted by Gasteiger charge is -2.32. The van der Waals surface area contributed by atoms with Gasteiger partial charge in [-0.25, -0.2) is 9.59 Å². The molecule has 3 rings (SSSR count). The highest BCUT2D eigenvalue weighted by molar-refractivity contribution is 5.95. The third-order valence-electron chi connectivity index (χ3n) is 6.30. The van der Waals surface area contributed by atoms with Crippen molar-refractivity contribution in [1.29, 1.82) is 0 Å². The molecule has 0 radical (unpaired) electrons. The smallest absolute Gasteiger partial charge is 0.444 e. The maximum absolute atomic E-state index is 14.3. The summed E-state index contributed by atoms with van der Waals surface area (Å²) in [6.45, 7) is -1.08. The summed E-state index contributed by atoms with van der Waals surface area (Å²) in [6, 6.07) is 7.15. The van der Waals surface area contributed by atoms with Crippen LogP contribution in [0.2, 0.25) is 0 Å². The van der Waals surface area contributed by atoms with Crippen molar-refractivity contribution in [1.82, 2.24) is 0 Å². The average Bonchev–Trinajstić information content (AvgIpc) is 3.06. The van der Waals surface area contributed by atoms with E-state index in [-0.39, 0.29) is 22.5 Å². The highest BCUT2D eigenvalue weighted by atomic mass is 19.4. The van der Waals surface area contributed by atoms with Crippen molar-refractivity contribution in [3.63, 3.8) is 0 Å². The number of anilines is 2. The fraction of sp³-hybridized carbons (Fsp3) is 0.214. The summed E-state index contributed by atoms with van der Waals surface area (Å²) >= 11 is 0. The minimum Gasteiger partial charge on any atom is -0.444 e. The molecule has 0 aliphatic carbocycles. The predicted molar refractivity (Wildman–Crippen MR) is 151 cm³/mol. The van der Waals surface area contributed by atoms with Crippen molar-refractivity contribution in [3.8, 4) is 5.75 Å². The van der Waals surface area contributed by atoms with E-state index in [1.807, 2.05) is 10.6 Å². The number of nitrogens with zero attached hydrogens (tertiary/aromatic N) is 2. The van der Waals surface area contributed by atoms with Crippen LogP contribution in [-0.2, 0) is 22.7 Å². The van der Waals surface area contributed by atoms with Gasteiger partial charge in [-0.15, -0.1) is 0 Å². The number of allylic oxidation sites excluding steroid dienone is 1. The van der Waals surface area contributed by atoms with E-state index >= 15 is 0 Å². The van der Waals surface area contributed by atoms with E-state index in [4.69, 9.17) is 9.47 Å². The number of hydrogen-bond donors (Lipinski definition) is 2. The highest BCUT2D eigenvalue weighted by Crippen LogP contribution is 2.55. The molecule has 0 spiro atoms. The van der Waals surface area contributed by atoms with Gasteiger partial charge in [-0.1, -0.05) is 0 Å². The van der Waals surface area contributed by atoms with Crippen molar-refractivity contribution in [2.24, 2.45) is 0 Å². The third kappa shape index (κ3) is 9.11. The molecule has 0 heterocycles. The van der Waals surface area contributed by atoms with Gasteiger partial charge in [0.2, 0.25) is 5.83 Å². The summed E-state index contributed by atoms with van der Waals surface area (Å²) in [5.41, 5.74) is -1.48. The molecule has 2 N–H and O–H groups in total.